The van der Waals surface area contributed by atoms with Crippen molar-refractivity contribution in [2.24, 2.45) is 11.8 Å². The van der Waals surface area contributed by atoms with E-state index in [1.807, 2.05) is 30.0 Å². The number of nitrogens with zero attached hydrogens (tertiary/aromatic N) is 4. The van der Waals surface area contributed by atoms with Crippen molar-refractivity contribution in [1.82, 2.24) is 19.9 Å². The van der Waals surface area contributed by atoms with E-state index in [4.69, 9.17) is 4.74 Å². The van der Waals surface area contributed by atoms with E-state index < -0.39 is 0 Å². The molecule has 0 N–H and O–H groups in total. The number of amides is 1. The van der Waals surface area contributed by atoms with Crippen LogP contribution >= 0.6 is 0 Å². The molecule has 3 fully saturated rings. The Morgan fingerprint density at radius 1 is 1.13 bits per heavy atom. The van der Waals surface area contributed by atoms with E-state index in [1.165, 1.54) is 16.9 Å². The summed E-state index contributed by atoms with van der Waals surface area (Å²) in [6.07, 6.45) is 5.27. The van der Waals surface area contributed by atoms with Crippen molar-refractivity contribution in [1.29, 1.82) is 0 Å². The first-order chi connectivity index (χ1) is 15.0. The number of aromatic nitrogens is 3. The quantitative estimate of drug-likeness (QED) is 0.625. The van der Waals surface area contributed by atoms with E-state index >= 15 is 0 Å². The number of hydrogen-bond donors (Lipinski definition) is 0. The Morgan fingerprint density at radius 3 is 2.55 bits per heavy atom. The molecule has 31 heavy (non-hydrogen) atoms. The standard InChI is InChI=1S/C24H25FN4O2/c1-15-3-8-22(29-26-9-10-27-29)21(11-15)24(30)28-19-12-17(13-19)16(2)23(28)14-31-20-6-4-18(25)5-7-20/h3-11,16-17,19,23H,12-14H2,1-2H3/t16-,17?,19?,23?/m0/s1. The van der Waals surface area contributed by atoms with Gasteiger partial charge in [0, 0.05) is 6.04 Å². The number of ether oxygens (including phenoxy) is 1. The zero-order valence-electron chi connectivity index (χ0n) is 17.6. The average molecular weight is 420 g/mol. The van der Waals surface area contributed by atoms with Crippen molar-refractivity contribution in [2.45, 2.75) is 38.8 Å². The molecule has 2 bridgehead atoms. The van der Waals surface area contributed by atoms with Gasteiger partial charge in [-0.1, -0.05) is 18.6 Å². The van der Waals surface area contributed by atoms with Gasteiger partial charge in [-0.15, -0.1) is 0 Å². The Kier molecular flexibility index (Phi) is 4.96. The maximum absolute atomic E-state index is 13.9. The molecular weight excluding hydrogens is 395 g/mol. The maximum Gasteiger partial charge on any atom is 0.256 e. The van der Waals surface area contributed by atoms with Crippen LogP contribution in [0.1, 0.15) is 35.7 Å². The Morgan fingerprint density at radius 2 is 1.84 bits per heavy atom. The van der Waals surface area contributed by atoms with Gasteiger partial charge in [-0.05, 0) is 68.0 Å². The van der Waals surface area contributed by atoms with Crippen LogP contribution in [0.15, 0.2) is 54.9 Å². The summed E-state index contributed by atoms with van der Waals surface area (Å²) in [4.78, 5) is 17.4. The largest absolute Gasteiger partial charge is 0.491 e. The van der Waals surface area contributed by atoms with Gasteiger partial charge in [-0.3, -0.25) is 4.79 Å². The molecule has 3 aromatic rings. The molecule has 1 saturated carbocycles. The lowest BCUT2D eigenvalue weighted by atomic mass is 9.64. The molecule has 6 rings (SSSR count). The highest BCUT2D eigenvalue weighted by Crippen LogP contribution is 2.47. The summed E-state index contributed by atoms with van der Waals surface area (Å²) in [6, 6.07) is 12.0. The van der Waals surface area contributed by atoms with Crippen LogP contribution in [0.4, 0.5) is 4.39 Å². The van der Waals surface area contributed by atoms with Crippen LogP contribution in [0.5, 0.6) is 5.75 Å². The second-order valence-electron chi connectivity index (χ2n) is 8.63. The van der Waals surface area contributed by atoms with Crippen LogP contribution in [0, 0.1) is 24.6 Å². The molecule has 2 atom stereocenters. The summed E-state index contributed by atoms with van der Waals surface area (Å²) >= 11 is 0. The van der Waals surface area contributed by atoms with Crippen LogP contribution in [-0.2, 0) is 0 Å². The second kappa shape index (κ2) is 7.80. The molecule has 3 aliphatic rings. The number of carbonyl (C=O) groups is 1. The molecule has 0 spiro atoms. The first-order valence-electron chi connectivity index (χ1n) is 10.7. The smallest absolute Gasteiger partial charge is 0.256 e. The zero-order chi connectivity index (χ0) is 21.5. The van der Waals surface area contributed by atoms with E-state index in [2.05, 4.69) is 17.1 Å². The topological polar surface area (TPSA) is 60.2 Å². The van der Waals surface area contributed by atoms with Gasteiger partial charge in [-0.25, -0.2) is 4.39 Å². The number of halogens is 1. The van der Waals surface area contributed by atoms with Gasteiger partial charge in [-0.2, -0.15) is 15.0 Å². The number of hydrogen-bond acceptors (Lipinski definition) is 4. The maximum atomic E-state index is 13.9. The third kappa shape index (κ3) is 3.58. The molecule has 1 amide bonds. The Hall–Kier alpha value is -3.22. The fraction of sp³-hybridized carbons (Fsp3) is 0.375. The molecule has 160 valence electrons. The second-order valence-corrected chi connectivity index (χ2v) is 8.63. The number of rotatable bonds is 5. The lowest BCUT2D eigenvalue weighted by Gasteiger charge is -2.57. The molecule has 0 radical (unpaired) electrons. The molecule has 1 aromatic heterocycles. The van der Waals surface area contributed by atoms with Crippen molar-refractivity contribution >= 4 is 5.91 Å². The summed E-state index contributed by atoms with van der Waals surface area (Å²) in [7, 11) is 0. The zero-order valence-corrected chi connectivity index (χ0v) is 17.6. The first-order valence-corrected chi connectivity index (χ1v) is 10.7. The van der Waals surface area contributed by atoms with Crippen LogP contribution in [0.3, 0.4) is 0 Å². The van der Waals surface area contributed by atoms with Crippen molar-refractivity contribution in [3.8, 4) is 11.4 Å². The average Bonchev–Trinajstić information content (AvgIpc) is 3.27. The minimum Gasteiger partial charge on any atom is -0.491 e. The van der Waals surface area contributed by atoms with Crippen molar-refractivity contribution in [3.05, 3.63) is 71.8 Å². The summed E-state index contributed by atoms with van der Waals surface area (Å²) in [5, 5.41) is 8.46. The monoisotopic (exact) mass is 420 g/mol. The van der Waals surface area contributed by atoms with Gasteiger partial charge in [0.15, 0.2) is 0 Å². The summed E-state index contributed by atoms with van der Waals surface area (Å²) < 4.78 is 19.2. The highest BCUT2D eigenvalue weighted by Gasteiger charge is 2.51. The van der Waals surface area contributed by atoms with Gasteiger partial charge < -0.3 is 9.64 Å². The Bertz CT molecular complexity index is 1080. The molecule has 1 unspecified atom stereocenters. The van der Waals surface area contributed by atoms with Crippen molar-refractivity contribution in [3.63, 3.8) is 0 Å². The minimum absolute atomic E-state index is 0.0151. The van der Waals surface area contributed by atoms with Crippen LogP contribution in [0.2, 0.25) is 0 Å². The van der Waals surface area contributed by atoms with Gasteiger partial charge in [0.1, 0.15) is 18.2 Å². The number of benzene rings is 2. The summed E-state index contributed by atoms with van der Waals surface area (Å²) in [5.74, 6) is 1.23. The molecule has 3 heterocycles. The highest BCUT2D eigenvalue weighted by atomic mass is 19.1. The fourth-order valence-electron chi connectivity index (χ4n) is 4.86. The van der Waals surface area contributed by atoms with E-state index in [0.29, 0.717) is 35.4 Å². The molecular formula is C24H25FN4O2. The van der Waals surface area contributed by atoms with Gasteiger partial charge >= 0.3 is 0 Å². The van der Waals surface area contributed by atoms with Gasteiger partial charge in [0.25, 0.3) is 5.91 Å². The van der Waals surface area contributed by atoms with Crippen LogP contribution < -0.4 is 4.74 Å². The number of carbonyl (C=O) groups excluding carboxylic acids is 1. The van der Waals surface area contributed by atoms with E-state index in [-0.39, 0.29) is 23.8 Å². The lowest BCUT2D eigenvalue weighted by Crippen LogP contribution is -2.64. The third-order valence-corrected chi connectivity index (χ3v) is 6.74. The molecule has 6 nitrogen and oxygen atoms in total. The Balaban J connectivity index is 1.45. The van der Waals surface area contributed by atoms with Crippen LogP contribution in [-0.4, -0.2) is 44.5 Å². The van der Waals surface area contributed by atoms with E-state index in [0.717, 1.165) is 18.4 Å². The van der Waals surface area contributed by atoms with Gasteiger partial charge in [0.2, 0.25) is 0 Å². The first kappa shape index (κ1) is 19.7. The summed E-state index contributed by atoms with van der Waals surface area (Å²) in [5.41, 5.74) is 2.28. The van der Waals surface area contributed by atoms with E-state index in [9.17, 15) is 9.18 Å². The van der Waals surface area contributed by atoms with Crippen molar-refractivity contribution < 1.29 is 13.9 Å². The highest BCUT2D eigenvalue weighted by molar-refractivity contribution is 5.98. The fourth-order valence-corrected chi connectivity index (χ4v) is 4.86. The third-order valence-electron chi connectivity index (χ3n) is 6.74. The normalized spacial score (nSPS) is 24.5. The number of aryl methyl sites for hydroxylation is 1. The predicted molar refractivity (Wildman–Crippen MR) is 114 cm³/mol. The number of fused-ring (bicyclic) bond motifs is 2. The molecule has 1 aliphatic carbocycles. The summed E-state index contributed by atoms with van der Waals surface area (Å²) in [6.45, 7) is 4.56. The SMILES string of the molecule is Cc1ccc(-n2nccn2)c(C(=O)N2C3CC(C3)[C@H](C)C2COc2ccc(F)cc2)c1. The molecule has 2 saturated heterocycles. The predicted octanol–water partition coefficient (Wildman–Crippen LogP) is 4.03. The number of piperidine rings is 2. The van der Waals surface area contributed by atoms with Gasteiger partial charge in [0.05, 0.1) is 29.7 Å². The lowest BCUT2D eigenvalue weighted by molar-refractivity contribution is -0.0670. The molecule has 2 aromatic carbocycles. The molecule has 2 aliphatic heterocycles. The minimum atomic E-state index is -0.296. The van der Waals surface area contributed by atoms with E-state index in [1.54, 1.807) is 24.5 Å². The van der Waals surface area contributed by atoms with Crippen molar-refractivity contribution in [2.75, 3.05) is 6.61 Å². The Labute approximate surface area is 180 Å². The van der Waals surface area contributed by atoms with Crippen LogP contribution in [0.25, 0.3) is 5.69 Å². The molecule has 7 heteroatoms.